The Bertz CT molecular complexity index is 946. The Morgan fingerprint density at radius 2 is 1.79 bits per heavy atom. The number of carbonyl (C=O) groups excluding carboxylic acids is 1. The predicted molar refractivity (Wildman–Crippen MR) is 130 cm³/mol. The van der Waals surface area contributed by atoms with Gasteiger partial charge in [0.15, 0.2) is 0 Å². The van der Waals surface area contributed by atoms with Gasteiger partial charge in [0.2, 0.25) is 0 Å². The predicted octanol–water partition coefficient (Wildman–Crippen LogP) is 3.75. The molecule has 2 aromatic heterocycles. The topological polar surface area (TPSA) is 64.6 Å². The Balaban J connectivity index is 1.32. The molecule has 1 amide bonds. The minimum absolute atomic E-state index is 0.247. The van der Waals surface area contributed by atoms with E-state index in [1.807, 2.05) is 17.0 Å². The van der Waals surface area contributed by atoms with Crippen LogP contribution in [0.3, 0.4) is 0 Å². The largest absolute Gasteiger partial charge is 0.355 e. The maximum atomic E-state index is 13.7. The van der Waals surface area contributed by atoms with Crippen molar-refractivity contribution in [2.45, 2.75) is 51.1 Å². The van der Waals surface area contributed by atoms with Crippen molar-refractivity contribution in [1.82, 2.24) is 19.8 Å². The molecule has 1 N–H and O–H groups in total. The number of aromatic nitrogens is 2. The fraction of sp³-hybridized carbons (Fsp3) is 0.560. The summed E-state index contributed by atoms with van der Waals surface area (Å²) in [5.74, 6) is -2.12. The van der Waals surface area contributed by atoms with Gasteiger partial charge in [-0.25, -0.2) is 13.8 Å². The first kappa shape index (κ1) is 24.5. The van der Waals surface area contributed by atoms with Gasteiger partial charge in [0, 0.05) is 70.3 Å². The lowest BCUT2D eigenvalue weighted by atomic mass is 10.00. The van der Waals surface area contributed by atoms with E-state index in [-0.39, 0.29) is 5.91 Å². The summed E-state index contributed by atoms with van der Waals surface area (Å²) >= 11 is 0. The molecular weight excluding hydrogens is 438 g/mol. The summed E-state index contributed by atoms with van der Waals surface area (Å²) in [7, 11) is 0. The maximum Gasteiger partial charge on any atom is 0.274 e. The minimum Gasteiger partial charge on any atom is -0.355 e. The fourth-order valence-corrected chi connectivity index (χ4v) is 4.85. The number of nitrogens with one attached hydrogen (secondary N) is 1. The van der Waals surface area contributed by atoms with E-state index in [1.165, 1.54) is 0 Å². The van der Waals surface area contributed by atoms with Crippen molar-refractivity contribution in [3.8, 4) is 0 Å². The fourth-order valence-electron chi connectivity index (χ4n) is 4.85. The first-order valence-corrected chi connectivity index (χ1v) is 12.1. The van der Waals surface area contributed by atoms with Crippen molar-refractivity contribution < 1.29 is 13.6 Å². The standard InChI is InChI=1S/C25H34F2N6O/c1-19(25(2,26)27)31-15-9-21(10-16-31)32-13-4-14-33(18-17-32)23-6-3-5-22(30-23)24(34)29-20-7-11-28-12-8-20/h3,5-8,11-12,19,21H,4,9-10,13-18H2,1-2H3,(H,28,29,34)/t19-/m0/s1. The van der Waals surface area contributed by atoms with Crippen molar-refractivity contribution in [2.24, 2.45) is 0 Å². The van der Waals surface area contributed by atoms with Gasteiger partial charge in [-0.3, -0.25) is 19.6 Å². The van der Waals surface area contributed by atoms with Gasteiger partial charge in [0.25, 0.3) is 11.8 Å². The number of likely N-dealkylation sites (tertiary alicyclic amines) is 1. The van der Waals surface area contributed by atoms with E-state index in [9.17, 15) is 13.6 Å². The first-order chi connectivity index (χ1) is 16.3. The van der Waals surface area contributed by atoms with Crippen LogP contribution < -0.4 is 10.2 Å². The molecule has 9 heteroatoms. The molecule has 0 unspecified atom stereocenters. The molecule has 0 saturated carbocycles. The summed E-state index contributed by atoms with van der Waals surface area (Å²) < 4.78 is 27.4. The molecule has 0 bridgehead atoms. The zero-order chi connectivity index (χ0) is 24.1. The Hall–Kier alpha value is -2.65. The van der Waals surface area contributed by atoms with E-state index in [0.717, 1.165) is 58.2 Å². The second-order valence-corrected chi connectivity index (χ2v) is 9.35. The molecule has 0 radical (unpaired) electrons. The Kier molecular flexibility index (Phi) is 7.73. The number of rotatable bonds is 6. The monoisotopic (exact) mass is 472 g/mol. The second-order valence-electron chi connectivity index (χ2n) is 9.35. The van der Waals surface area contributed by atoms with Crippen molar-refractivity contribution >= 4 is 17.4 Å². The molecular formula is C25H34F2N6O. The molecule has 1 atom stereocenters. The zero-order valence-corrected chi connectivity index (χ0v) is 20.0. The van der Waals surface area contributed by atoms with Crippen LogP contribution in [0, 0.1) is 0 Å². The van der Waals surface area contributed by atoms with Gasteiger partial charge in [-0.2, -0.15) is 0 Å². The summed E-state index contributed by atoms with van der Waals surface area (Å²) in [5, 5.41) is 2.85. The number of nitrogens with zero attached hydrogens (tertiary/aromatic N) is 5. The average molecular weight is 473 g/mol. The van der Waals surface area contributed by atoms with E-state index < -0.39 is 12.0 Å². The lowest BCUT2D eigenvalue weighted by molar-refractivity contribution is -0.0692. The van der Waals surface area contributed by atoms with E-state index >= 15 is 0 Å². The van der Waals surface area contributed by atoms with Crippen LogP contribution in [0.4, 0.5) is 20.3 Å². The molecule has 7 nitrogen and oxygen atoms in total. The highest BCUT2D eigenvalue weighted by molar-refractivity contribution is 6.03. The van der Waals surface area contributed by atoms with Crippen LogP contribution in [0.5, 0.6) is 0 Å². The molecule has 2 aliphatic rings. The van der Waals surface area contributed by atoms with E-state index in [4.69, 9.17) is 0 Å². The molecule has 0 aliphatic carbocycles. The highest BCUT2D eigenvalue weighted by Crippen LogP contribution is 2.27. The van der Waals surface area contributed by atoms with Gasteiger partial charge < -0.3 is 10.2 Å². The van der Waals surface area contributed by atoms with Crippen molar-refractivity contribution in [3.63, 3.8) is 0 Å². The first-order valence-electron chi connectivity index (χ1n) is 12.1. The summed E-state index contributed by atoms with van der Waals surface area (Å²) in [6.45, 7) is 7.66. The van der Waals surface area contributed by atoms with E-state index in [0.29, 0.717) is 30.5 Å². The number of hydrogen-bond acceptors (Lipinski definition) is 6. The van der Waals surface area contributed by atoms with Gasteiger partial charge in [-0.05, 0) is 50.5 Å². The number of pyridine rings is 2. The highest BCUT2D eigenvalue weighted by Gasteiger charge is 2.37. The number of carbonyl (C=O) groups is 1. The Labute approximate surface area is 200 Å². The van der Waals surface area contributed by atoms with E-state index in [2.05, 4.69) is 25.1 Å². The summed E-state index contributed by atoms with van der Waals surface area (Å²) in [6, 6.07) is 8.73. The maximum absolute atomic E-state index is 13.7. The van der Waals surface area contributed by atoms with Crippen LogP contribution in [0.1, 0.15) is 43.6 Å². The minimum atomic E-state index is -2.67. The van der Waals surface area contributed by atoms with E-state index in [1.54, 1.807) is 37.5 Å². The molecule has 2 aliphatic heterocycles. The van der Waals surface area contributed by atoms with Crippen LogP contribution in [-0.4, -0.2) is 82.9 Å². The molecule has 2 saturated heterocycles. The van der Waals surface area contributed by atoms with Crippen molar-refractivity contribution in [3.05, 3.63) is 48.4 Å². The number of halogens is 2. The lowest BCUT2D eigenvalue weighted by Crippen LogP contribution is -2.52. The molecule has 184 valence electrons. The van der Waals surface area contributed by atoms with Gasteiger partial charge in [-0.1, -0.05) is 6.07 Å². The SMILES string of the molecule is C[C@H](N1CCC(N2CCCN(c3cccc(C(=O)Nc4ccncc4)n3)CC2)CC1)C(C)(F)F. The quantitative estimate of drug-likeness (QED) is 0.691. The third-order valence-corrected chi connectivity index (χ3v) is 7.06. The van der Waals surface area contributed by atoms with Crippen LogP contribution in [0.25, 0.3) is 0 Å². The Morgan fingerprint density at radius 3 is 2.50 bits per heavy atom. The number of piperidine rings is 1. The smallest absolute Gasteiger partial charge is 0.274 e. The summed E-state index contributed by atoms with van der Waals surface area (Å²) in [6.07, 6.45) is 6.10. The molecule has 4 heterocycles. The number of alkyl halides is 2. The third-order valence-electron chi connectivity index (χ3n) is 7.06. The lowest BCUT2D eigenvalue weighted by Gasteiger charge is -2.41. The molecule has 0 spiro atoms. The molecule has 4 rings (SSSR count). The van der Waals surface area contributed by atoms with Crippen LogP contribution in [0.2, 0.25) is 0 Å². The Morgan fingerprint density at radius 1 is 1.06 bits per heavy atom. The third kappa shape index (κ3) is 6.07. The van der Waals surface area contributed by atoms with Crippen molar-refractivity contribution in [2.75, 3.05) is 49.5 Å². The summed E-state index contributed by atoms with van der Waals surface area (Å²) in [5.41, 5.74) is 1.06. The van der Waals surface area contributed by atoms with Gasteiger partial charge in [0.1, 0.15) is 11.5 Å². The molecule has 2 fully saturated rings. The highest BCUT2D eigenvalue weighted by atomic mass is 19.3. The zero-order valence-electron chi connectivity index (χ0n) is 20.0. The normalized spacial score (nSPS) is 20.1. The molecule has 34 heavy (non-hydrogen) atoms. The van der Waals surface area contributed by atoms with Crippen molar-refractivity contribution in [1.29, 1.82) is 0 Å². The van der Waals surface area contributed by atoms with Crippen LogP contribution in [-0.2, 0) is 0 Å². The second kappa shape index (κ2) is 10.7. The molecule has 0 aromatic carbocycles. The number of anilines is 2. The average Bonchev–Trinajstić information content (AvgIpc) is 3.10. The van der Waals surface area contributed by atoms with Crippen LogP contribution >= 0.6 is 0 Å². The number of amides is 1. The number of hydrogen-bond donors (Lipinski definition) is 1. The van der Waals surface area contributed by atoms with Crippen LogP contribution in [0.15, 0.2) is 42.7 Å². The molecule has 2 aromatic rings. The van der Waals surface area contributed by atoms with Gasteiger partial charge >= 0.3 is 0 Å². The van der Waals surface area contributed by atoms with Gasteiger partial charge in [-0.15, -0.1) is 0 Å². The summed E-state index contributed by atoms with van der Waals surface area (Å²) in [4.78, 5) is 27.9. The van der Waals surface area contributed by atoms with Gasteiger partial charge in [0.05, 0.1) is 6.04 Å².